The number of carbonyl (C=O) groups is 1. The molecule has 0 radical (unpaired) electrons. The Morgan fingerprint density at radius 1 is 1.04 bits per heavy atom. The summed E-state index contributed by atoms with van der Waals surface area (Å²) in [6, 6.07) is 13.6. The highest BCUT2D eigenvalue weighted by Crippen LogP contribution is 2.22. The first-order valence-corrected chi connectivity index (χ1v) is 8.47. The van der Waals surface area contributed by atoms with Gasteiger partial charge in [0.25, 0.3) is 5.91 Å². The van der Waals surface area contributed by atoms with Crippen molar-refractivity contribution in [2.24, 2.45) is 0 Å². The molecule has 0 fully saturated rings. The van der Waals surface area contributed by atoms with E-state index in [2.05, 4.69) is 16.5 Å². The Morgan fingerprint density at radius 3 is 2.42 bits per heavy atom. The van der Waals surface area contributed by atoms with E-state index < -0.39 is 0 Å². The van der Waals surface area contributed by atoms with Crippen LogP contribution in [0.2, 0.25) is 0 Å². The van der Waals surface area contributed by atoms with E-state index in [1.165, 1.54) is 5.56 Å². The van der Waals surface area contributed by atoms with Crippen molar-refractivity contribution in [2.45, 2.75) is 34.3 Å². The van der Waals surface area contributed by atoms with Gasteiger partial charge in [-0.3, -0.25) is 4.79 Å². The van der Waals surface area contributed by atoms with Gasteiger partial charge in [-0.2, -0.15) is 0 Å². The lowest BCUT2D eigenvalue weighted by atomic mass is 10.1. The Labute approximate surface area is 153 Å². The summed E-state index contributed by atoms with van der Waals surface area (Å²) < 4.78 is 11.1. The molecule has 0 spiro atoms. The number of hydrogen-bond donors (Lipinski definition) is 1. The van der Waals surface area contributed by atoms with Crippen LogP contribution in [0.25, 0.3) is 0 Å². The molecule has 0 saturated heterocycles. The van der Waals surface area contributed by atoms with E-state index in [4.69, 9.17) is 9.26 Å². The second-order valence-electron chi connectivity index (χ2n) is 6.44. The Hall–Kier alpha value is -3.08. The first kappa shape index (κ1) is 17.7. The molecule has 26 heavy (non-hydrogen) atoms. The Kier molecular flexibility index (Phi) is 5.07. The molecule has 1 amide bonds. The van der Waals surface area contributed by atoms with Gasteiger partial charge in [0, 0.05) is 5.69 Å². The zero-order valence-corrected chi connectivity index (χ0v) is 15.4. The molecule has 5 heteroatoms. The molecule has 0 aliphatic rings. The lowest BCUT2D eigenvalue weighted by Crippen LogP contribution is -2.15. The highest BCUT2D eigenvalue weighted by molar-refractivity contribution is 6.03. The van der Waals surface area contributed by atoms with Crippen LogP contribution in [0, 0.1) is 27.7 Å². The molecule has 134 valence electrons. The highest BCUT2D eigenvalue weighted by Gasteiger charge is 2.20. The van der Waals surface area contributed by atoms with Crippen LogP contribution in [-0.4, -0.2) is 11.1 Å². The number of rotatable bonds is 5. The molecule has 0 unspecified atom stereocenters. The minimum absolute atomic E-state index is 0.218. The maximum atomic E-state index is 12.6. The van der Waals surface area contributed by atoms with Gasteiger partial charge < -0.3 is 14.6 Å². The predicted molar refractivity (Wildman–Crippen MR) is 101 cm³/mol. The van der Waals surface area contributed by atoms with Crippen LogP contribution in [0.4, 0.5) is 5.69 Å². The quantitative estimate of drug-likeness (QED) is 0.722. The van der Waals surface area contributed by atoms with Crippen LogP contribution < -0.4 is 10.1 Å². The summed E-state index contributed by atoms with van der Waals surface area (Å²) in [5.74, 6) is 1.04. The lowest BCUT2D eigenvalue weighted by Gasteiger charge is -2.10. The number of aromatic nitrogens is 1. The van der Waals surface area contributed by atoms with Crippen molar-refractivity contribution in [1.82, 2.24) is 5.16 Å². The Morgan fingerprint density at radius 2 is 1.73 bits per heavy atom. The van der Waals surface area contributed by atoms with Crippen molar-refractivity contribution >= 4 is 11.6 Å². The lowest BCUT2D eigenvalue weighted by molar-refractivity contribution is 0.101. The molecule has 0 aliphatic carbocycles. The maximum Gasteiger partial charge on any atom is 0.278 e. The highest BCUT2D eigenvalue weighted by atomic mass is 16.5. The Balaban J connectivity index is 1.75. The van der Waals surface area contributed by atoms with Crippen LogP contribution in [0.5, 0.6) is 5.75 Å². The normalized spacial score (nSPS) is 10.6. The van der Waals surface area contributed by atoms with Crippen LogP contribution >= 0.6 is 0 Å². The Bertz CT molecular complexity index is 927. The van der Waals surface area contributed by atoms with E-state index in [1.807, 2.05) is 57.2 Å². The number of aryl methyl sites for hydroxylation is 4. The average Bonchev–Trinajstić information content (AvgIpc) is 2.97. The topological polar surface area (TPSA) is 64.4 Å². The number of benzene rings is 2. The van der Waals surface area contributed by atoms with Crippen molar-refractivity contribution in [3.63, 3.8) is 0 Å². The molecular weight excluding hydrogens is 328 g/mol. The first-order chi connectivity index (χ1) is 12.4. The summed E-state index contributed by atoms with van der Waals surface area (Å²) in [6.07, 6.45) is 0. The van der Waals surface area contributed by atoms with Crippen LogP contribution in [-0.2, 0) is 6.61 Å². The van der Waals surface area contributed by atoms with Gasteiger partial charge in [0.1, 0.15) is 18.1 Å². The molecular formula is C21H22N2O3. The molecule has 5 nitrogen and oxygen atoms in total. The predicted octanol–water partition coefficient (Wildman–Crippen LogP) is 4.74. The fourth-order valence-electron chi connectivity index (χ4n) is 2.68. The van der Waals surface area contributed by atoms with E-state index in [9.17, 15) is 4.79 Å². The minimum Gasteiger partial charge on any atom is -0.488 e. The number of anilines is 1. The molecule has 0 saturated carbocycles. The summed E-state index contributed by atoms with van der Waals surface area (Å²) in [5, 5.41) is 6.75. The molecule has 3 aromatic rings. The summed E-state index contributed by atoms with van der Waals surface area (Å²) in [6.45, 7) is 8.02. The molecule has 1 N–H and O–H groups in total. The van der Waals surface area contributed by atoms with E-state index in [0.717, 1.165) is 16.9 Å². The summed E-state index contributed by atoms with van der Waals surface area (Å²) >= 11 is 0. The van der Waals surface area contributed by atoms with Gasteiger partial charge in [-0.1, -0.05) is 40.5 Å². The van der Waals surface area contributed by atoms with Crippen LogP contribution in [0.3, 0.4) is 0 Å². The molecule has 2 aromatic carbocycles. The van der Waals surface area contributed by atoms with Crippen LogP contribution in [0.15, 0.2) is 47.0 Å². The summed E-state index contributed by atoms with van der Waals surface area (Å²) in [5.41, 5.74) is 4.95. The van der Waals surface area contributed by atoms with E-state index in [0.29, 0.717) is 17.0 Å². The van der Waals surface area contributed by atoms with Gasteiger partial charge in [0.15, 0.2) is 5.69 Å². The third-order valence-corrected chi connectivity index (χ3v) is 4.21. The second-order valence-corrected chi connectivity index (χ2v) is 6.44. The second kappa shape index (κ2) is 7.44. The maximum absolute atomic E-state index is 12.6. The number of ether oxygens (including phenoxy) is 1. The van der Waals surface area contributed by atoms with Crippen molar-refractivity contribution in [2.75, 3.05) is 5.32 Å². The van der Waals surface area contributed by atoms with Crippen molar-refractivity contribution in [3.8, 4) is 5.75 Å². The molecule has 0 atom stereocenters. The monoisotopic (exact) mass is 350 g/mol. The minimum atomic E-state index is -0.315. The smallest absolute Gasteiger partial charge is 0.278 e. The van der Waals surface area contributed by atoms with Crippen molar-refractivity contribution in [1.29, 1.82) is 0 Å². The van der Waals surface area contributed by atoms with Gasteiger partial charge in [0.2, 0.25) is 0 Å². The molecule has 1 aromatic heterocycles. The standard InChI is InChI=1S/C21H22N2O3/c1-13-5-8-17(9-6-13)22-21(24)20-18(16(4)26-23-20)12-25-19-10-7-14(2)11-15(19)3/h5-11H,12H2,1-4H3,(H,22,24). The fourth-order valence-corrected chi connectivity index (χ4v) is 2.68. The first-order valence-electron chi connectivity index (χ1n) is 8.47. The van der Waals surface area contributed by atoms with E-state index in [-0.39, 0.29) is 18.2 Å². The third-order valence-electron chi connectivity index (χ3n) is 4.21. The molecule has 3 rings (SSSR count). The third kappa shape index (κ3) is 3.94. The largest absolute Gasteiger partial charge is 0.488 e. The van der Waals surface area contributed by atoms with Crippen molar-refractivity contribution in [3.05, 3.63) is 76.2 Å². The van der Waals surface area contributed by atoms with Crippen LogP contribution in [0.1, 0.15) is 38.5 Å². The summed E-state index contributed by atoms with van der Waals surface area (Å²) in [4.78, 5) is 12.6. The number of hydrogen-bond acceptors (Lipinski definition) is 4. The molecule has 0 aliphatic heterocycles. The average molecular weight is 350 g/mol. The number of nitrogens with zero attached hydrogens (tertiary/aromatic N) is 1. The SMILES string of the molecule is Cc1ccc(NC(=O)c2noc(C)c2COc2ccc(C)cc2C)cc1. The number of amides is 1. The summed E-state index contributed by atoms with van der Waals surface area (Å²) in [7, 11) is 0. The molecule has 0 bridgehead atoms. The van der Waals surface area contributed by atoms with Gasteiger partial charge in [0.05, 0.1) is 5.56 Å². The fraction of sp³-hybridized carbons (Fsp3) is 0.238. The van der Waals surface area contributed by atoms with Gasteiger partial charge in [-0.25, -0.2) is 0 Å². The van der Waals surface area contributed by atoms with E-state index in [1.54, 1.807) is 6.92 Å². The van der Waals surface area contributed by atoms with Crippen molar-refractivity contribution < 1.29 is 14.1 Å². The number of carbonyl (C=O) groups excluding carboxylic acids is 1. The zero-order chi connectivity index (χ0) is 18.7. The van der Waals surface area contributed by atoms with Gasteiger partial charge in [-0.05, 0) is 51.5 Å². The molecule has 1 heterocycles. The van der Waals surface area contributed by atoms with Gasteiger partial charge in [-0.15, -0.1) is 0 Å². The van der Waals surface area contributed by atoms with E-state index >= 15 is 0 Å². The number of nitrogens with one attached hydrogen (secondary N) is 1. The zero-order valence-electron chi connectivity index (χ0n) is 15.4. The van der Waals surface area contributed by atoms with Gasteiger partial charge >= 0.3 is 0 Å².